The fourth-order valence-corrected chi connectivity index (χ4v) is 4.79. The number of nitriles is 1. The Labute approximate surface area is 163 Å². The lowest BCUT2D eigenvalue weighted by molar-refractivity contribution is 0.114. The molecule has 0 saturated carbocycles. The van der Waals surface area contributed by atoms with Crippen molar-refractivity contribution in [3.05, 3.63) is 82.0 Å². The van der Waals surface area contributed by atoms with Crippen molar-refractivity contribution >= 4 is 0 Å². The zero-order valence-corrected chi connectivity index (χ0v) is 15.5. The molecule has 2 aliphatic heterocycles. The van der Waals surface area contributed by atoms with Crippen molar-refractivity contribution in [3.8, 4) is 17.4 Å². The lowest BCUT2D eigenvalue weighted by atomic mass is 9.82. The van der Waals surface area contributed by atoms with Crippen LogP contribution in [0.2, 0.25) is 0 Å². The van der Waals surface area contributed by atoms with Gasteiger partial charge in [0.15, 0.2) is 0 Å². The van der Waals surface area contributed by atoms with Gasteiger partial charge in [-0.05, 0) is 54.3 Å². The number of aromatic nitrogens is 1. The molecule has 2 bridgehead atoms. The zero-order chi connectivity index (χ0) is 19.1. The van der Waals surface area contributed by atoms with Crippen LogP contribution in [0, 0.1) is 17.2 Å². The lowest BCUT2D eigenvalue weighted by Gasteiger charge is -2.43. The molecule has 5 heteroatoms. The molecule has 0 unspecified atom stereocenters. The highest BCUT2D eigenvalue weighted by molar-refractivity contribution is 5.56. The third-order valence-corrected chi connectivity index (χ3v) is 5.93. The number of likely N-dealkylation sites (tertiary alicyclic amines) is 1. The number of hydrogen-bond acceptors (Lipinski definition) is 4. The Kier molecular flexibility index (Phi) is 4.14. The van der Waals surface area contributed by atoms with Crippen LogP contribution in [0.5, 0.6) is 0 Å². The molecule has 1 fully saturated rings. The SMILES string of the molecule is N#Cc1cccc(CN2C[C@@H]3C[C@H](C2)c2ccc(-c4ccco4)c(=O)n2C3)c1. The van der Waals surface area contributed by atoms with Gasteiger partial charge in [-0.1, -0.05) is 12.1 Å². The summed E-state index contributed by atoms with van der Waals surface area (Å²) in [5.74, 6) is 1.47. The van der Waals surface area contributed by atoms with Crippen LogP contribution in [0.3, 0.4) is 0 Å². The topological polar surface area (TPSA) is 62.2 Å². The summed E-state index contributed by atoms with van der Waals surface area (Å²) in [6.45, 7) is 3.52. The summed E-state index contributed by atoms with van der Waals surface area (Å²) in [4.78, 5) is 15.5. The van der Waals surface area contributed by atoms with E-state index in [4.69, 9.17) is 9.68 Å². The lowest BCUT2D eigenvalue weighted by Crippen LogP contribution is -2.46. The summed E-state index contributed by atoms with van der Waals surface area (Å²) in [6, 6.07) is 17.7. The summed E-state index contributed by atoms with van der Waals surface area (Å²) in [5, 5.41) is 9.12. The first-order chi connectivity index (χ1) is 13.7. The molecule has 1 saturated heterocycles. The maximum Gasteiger partial charge on any atom is 0.261 e. The van der Waals surface area contributed by atoms with Gasteiger partial charge in [-0.25, -0.2) is 0 Å². The molecule has 0 spiro atoms. The predicted molar refractivity (Wildman–Crippen MR) is 106 cm³/mol. The summed E-state index contributed by atoms with van der Waals surface area (Å²) < 4.78 is 7.41. The molecule has 2 aliphatic rings. The molecule has 5 nitrogen and oxygen atoms in total. The van der Waals surface area contributed by atoms with E-state index in [0.29, 0.717) is 28.7 Å². The van der Waals surface area contributed by atoms with E-state index < -0.39 is 0 Å². The molecule has 0 N–H and O–H groups in total. The number of rotatable bonds is 3. The summed E-state index contributed by atoms with van der Waals surface area (Å²) in [7, 11) is 0. The highest BCUT2D eigenvalue weighted by atomic mass is 16.3. The average molecular weight is 371 g/mol. The Hall–Kier alpha value is -3.10. The van der Waals surface area contributed by atoms with E-state index in [1.54, 1.807) is 6.26 Å². The van der Waals surface area contributed by atoms with Crippen molar-refractivity contribution in [3.63, 3.8) is 0 Å². The Bertz CT molecular complexity index is 1110. The molecular formula is C23H21N3O2. The fourth-order valence-electron chi connectivity index (χ4n) is 4.79. The quantitative estimate of drug-likeness (QED) is 0.706. The second-order valence-electron chi connectivity index (χ2n) is 7.87. The number of hydrogen-bond donors (Lipinski definition) is 0. The first-order valence-corrected chi connectivity index (χ1v) is 9.70. The number of nitrogens with zero attached hydrogens (tertiary/aromatic N) is 3. The van der Waals surface area contributed by atoms with Crippen molar-refractivity contribution in [2.24, 2.45) is 5.92 Å². The van der Waals surface area contributed by atoms with Crippen molar-refractivity contribution in [2.75, 3.05) is 13.1 Å². The van der Waals surface area contributed by atoms with E-state index in [1.165, 1.54) is 5.56 Å². The van der Waals surface area contributed by atoms with Crippen LogP contribution in [-0.2, 0) is 13.1 Å². The van der Waals surface area contributed by atoms with Gasteiger partial charge in [0.1, 0.15) is 5.76 Å². The van der Waals surface area contributed by atoms with Gasteiger partial charge in [-0.15, -0.1) is 0 Å². The van der Waals surface area contributed by atoms with Gasteiger partial charge in [0.25, 0.3) is 5.56 Å². The van der Waals surface area contributed by atoms with Crippen molar-refractivity contribution in [2.45, 2.75) is 25.4 Å². The van der Waals surface area contributed by atoms with Crippen molar-refractivity contribution < 1.29 is 4.42 Å². The average Bonchev–Trinajstić information content (AvgIpc) is 3.23. The predicted octanol–water partition coefficient (Wildman–Crippen LogP) is 3.60. The highest BCUT2D eigenvalue weighted by Crippen LogP contribution is 2.36. The summed E-state index contributed by atoms with van der Waals surface area (Å²) in [6.07, 6.45) is 2.74. The van der Waals surface area contributed by atoms with E-state index >= 15 is 0 Å². The van der Waals surface area contributed by atoms with Crippen molar-refractivity contribution in [1.29, 1.82) is 5.26 Å². The minimum absolute atomic E-state index is 0.0531. The summed E-state index contributed by atoms with van der Waals surface area (Å²) in [5.41, 5.74) is 3.70. The first-order valence-electron chi connectivity index (χ1n) is 9.70. The van der Waals surface area contributed by atoms with Gasteiger partial charge in [0.2, 0.25) is 0 Å². The monoisotopic (exact) mass is 371 g/mol. The summed E-state index contributed by atoms with van der Waals surface area (Å²) >= 11 is 0. The van der Waals surface area contributed by atoms with Crippen LogP contribution in [-0.4, -0.2) is 22.6 Å². The van der Waals surface area contributed by atoms with Crippen LogP contribution in [0.4, 0.5) is 0 Å². The Balaban J connectivity index is 1.42. The second-order valence-corrected chi connectivity index (χ2v) is 7.87. The van der Waals surface area contributed by atoms with Gasteiger partial charge < -0.3 is 8.98 Å². The van der Waals surface area contributed by atoms with Crippen LogP contribution in [0.1, 0.15) is 29.2 Å². The van der Waals surface area contributed by atoms with E-state index in [9.17, 15) is 4.79 Å². The molecular weight excluding hydrogens is 350 g/mol. The number of piperidine rings is 1. The number of pyridine rings is 1. The van der Waals surface area contributed by atoms with Crippen molar-refractivity contribution in [1.82, 2.24) is 9.47 Å². The second kappa shape index (κ2) is 6.81. The highest BCUT2D eigenvalue weighted by Gasteiger charge is 2.35. The first kappa shape index (κ1) is 17.0. The van der Waals surface area contributed by atoms with E-state index in [2.05, 4.69) is 23.1 Å². The van der Waals surface area contributed by atoms with E-state index in [1.807, 2.05) is 41.0 Å². The molecule has 2 atom stereocenters. The molecule has 0 aliphatic carbocycles. The molecule has 3 aromatic rings. The van der Waals surface area contributed by atoms with Gasteiger partial charge in [0.05, 0.1) is 23.5 Å². The molecule has 5 rings (SSSR count). The number of furan rings is 1. The number of fused-ring (bicyclic) bond motifs is 4. The van der Waals surface area contributed by atoms with Gasteiger partial charge in [-0.3, -0.25) is 9.69 Å². The molecule has 140 valence electrons. The molecule has 2 aromatic heterocycles. The normalized spacial score (nSPS) is 21.1. The third kappa shape index (κ3) is 2.96. The zero-order valence-electron chi connectivity index (χ0n) is 15.5. The molecule has 1 aromatic carbocycles. The Morgan fingerprint density at radius 3 is 2.86 bits per heavy atom. The minimum atomic E-state index is 0.0531. The van der Waals surface area contributed by atoms with Crippen LogP contribution in [0.15, 0.2) is 64.0 Å². The maximum absolute atomic E-state index is 13.0. The molecule has 28 heavy (non-hydrogen) atoms. The smallest absolute Gasteiger partial charge is 0.261 e. The largest absolute Gasteiger partial charge is 0.464 e. The van der Waals surface area contributed by atoms with Crippen LogP contribution in [0.25, 0.3) is 11.3 Å². The van der Waals surface area contributed by atoms with Gasteiger partial charge in [0, 0.05) is 37.8 Å². The molecule has 4 heterocycles. The third-order valence-electron chi connectivity index (χ3n) is 5.93. The Morgan fingerprint density at radius 2 is 2.04 bits per heavy atom. The fraction of sp³-hybridized carbons (Fsp3) is 0.304. The Morgan fingerprint density at radius 1 is 1.11 bits per heavy atom. The van der Waals surface area contributed by atoms with E-state index in [-0.39, 0.29) is 5.56 Å². The van der Waals surface area contributed by atoms with E-state index in [0.717, 1.165) is 38.3 Å². The molecule has 0 radical (unpaired) electrons. The van der Waals surface area contributed by atoms with Gasteiger partial charge in [-0.2, -0.15) is 5.26 Å². The number of benzene rings is 1. The van der Waals surface area contributed by atoms with Crippen LogP contribution >= 0.6 is 0 Å². The molecule has 0 amide bonds. The van der Waals surface area contributed by atoms with Crippen LogP contribution < -0.4 is 5.56 Å². The minimum Gasteiger partial charge on any atom is -0.464 e. The standard InChI is InChI=1S/C23H21N3O2/c24-11-16-3-1-4-17(9-16)12-25-13-18-10-19(15-25)21-7-6-20(22-5-2-8-28-22)23(27)26(21)14-18/h1-9,18-19H,10,12-15H2/t18-,19+/m0/s1. The maximum atomic E-state index is 13.0. The van der Waals surface area contributed by atoms with Gasteiger partial charge >= 0.3 is 0 Å².